The van der Waals surface area contributed by atoms with E-state index in [4.69, 9.17) is 13.6 Å². The van der Waals surface area contributed by atoms with E-state index in [1.807, 2.05) is 20.8 Å². The fourth-order valence-electron chi connectivity index (χ4n) is 0.758. The Balaban J connectivity index is 2.46. The molecule has 0 spiro atoms. The van der Waals surface area contributed by atoms with Crippen LogP contribution in [0.5, 0.6) is 5.06 Å². The lowest BCUT2D eigenvalue weighted by Crippen LogP contribution is -1.95. The molecule has 0 fully saturated rings. The van der Waals surface area contributed by atoms with Gasteiger partial charge in [0.05, 0.1) is 24.4 Å². The van der Waals surface area contributed by atoms with E-state index >= 15 is 0 Å². The van der Waals surface area contributed by atoms with Gasteiger partial charge in [-0.3, -0.25) is 0 Å². The van der Waals surface area contributed by atoms with Crippen LogP contribution in [0.2, 0.25) is 0 Å². The summed E-state index contributed by atoms with van der Waals surface area (Å²) in [4.78, 5) is 4.08. The molecule has 0 radical (unpaired) electrons. The van der Waals surface area contributed by atoms with Crippen molar-refractivity contribution >= 4 is 19.9 Å². The first-order valence-electron chi connectivity index (χ1n) is 4.42. The molecular weight excluding hydrogens is 221 g/mol. The maximum atomic E-state index is 5.49. The molecule has 1 heterocycles. The summed E-state index contributed by atoms with van der Waals surface area (Å²) in [6.07, 6.45) is 1.69. The van der Waals surface area contributed by atoms with Crippen LogP contribution < -0.4 is 4.52 Å². The van der Waals surface area contributed by atoms with Crippen LogP contribution in [0.3, 0.4) is 0 Å². The lowest BCUT2D eigenvalue weighted by atomic mass is 10.8. The molecule has 0 saturated heterocycles. The van der Waals surface area contributed by atoms with Crippen molar-refractivity contribution in [2.75, 3.05) is 13.2 Å². The predicted octanol–water partition coefficient (Wildman–Crippen LogP) is 3.13. The van der Waals surface area contributed by atoms with Crippen molar-refractivity contribution in [3.05, 3.63) is 11.2 Å². The summed E-state index contributed by atoms with van der Waals surface area (Å²) < 4.78 is 16.1. The third-order valence-electron chi connectivity index (χ3n) is 1.23. The lowest BCUT2D eigenvalue weighted by Gasteiger charge is -2.13. The normalized spacial score (nSPS) is 10.9. The SMILES string of the molecule is CCOP(OCC)Oc1cnc(C)s1. The number of aryl methyl sites for hydroxylation is 1. The average Bonchev–Trinajstić information content (AvgIpc) is 2.52. The smallest absolute Gasteiger partial charge is 0.397 e. The molecule has 0 aromatic carbocycles. The first-order chi connectivity index (χ1) is 6.76. The van der Waals surface area contributed by atoms with Gasteiger partial charge in [0, 0.05) is 0 Å². The van der Waals surface area contributed by atoms with Gasteiger partial charge in [0.2, 0.25) is 5.06 Å². The Labute approximate surface area is 89.2 Å². The van der Waals surface area contributed by atoms with Gasteiger partial charge >= 0.3 is 8.60 Å². The van der Waals surface area contributed by atoms with Crippen molar-refractivity contribution in [3.8, 4) is 5.06 Å². The molecule has 0 unspecified atom stereocenters. The zero-order valence-corrected chi connectivity index (χ0v) is 10.2. The van der Waals surface area contributed by atoms with Gasteiger partial charge in [-0.15, -0.1) is 0 Å². The molecule has 0 amide bonds. The third-order valence-corrected chi connectivity index (χ3v) is 3.43. The van der Waals surface area contributed by atoms with E-state index in [1.165, 1.54) is 11.3 Å². The highest BCUT2D eigenvalue weighted by atomic mass is 32.1. The Morgan fingerprint density at radius 3 is 2.43 bits per heavy atom. The minimum Gasteiger partial charge on any atom is -0.415 e. The van der Waals surface area contributed by atoms with Gasteiger partial charge in [0.15, 0.2) is 0 Å². The number of rotatable bonds is 6. The Kier molecular flexibility index (Phi) is 5.33. The highest BCUT2D eigenvalue weighted by Crippen LogP contribution is 2.42. The molecule has 0 aliphatic heterocycles. The zero-order chi connectivity index (χ0) is 10.4. The van der Waals surface area contributed by atoms with Crippen LogP contribution in [0, 0.1) is 6.92 Å². The summed E-state index contributed by atoms with van der Waals surface area (Å²) in [6, 6.07) is 0. The lowest BCUT2D eigenvalue weighted by molar-refractivity contribution is 0.222. The summed E-state index contributed by atoms with van der Waals surface area (Å²) in [5.41, 5.74) is 0. The summed E-state index contributed by atoms with van der Waals surface area (Å²) >= 11 is 1.49. The van der Waals surface area contributed by atoms with E-state index < -0.39 is 8.60 Å². The largest absolute Gasteiger partial charge is 0.415 e. The van der Waals surface area contributed by atoms with Crippen LogP contribution >= 0.6 is 19.9 Å². The number of nitrogens with zero attached hydrogens (tertiary/aromatic N) is 1. The average molecular weight is 235 g/mol. The number of aromatic nitrogens is 1. The van der Waals surface area contributed by atoms with E-state index in [0.717, 1.165) is 10.1 Å². The quantitative estimate of drug-likeness (QED) is 0.710. The van der Waals surface area contributed by atoms with Gasteiger partial charge in [-0.2, -0.15) is 0 Å². The van der Waals surface area contributed by atoms with Crippen molar-refractivity contribution in [2.45, 2.75) is 20.8 Å². The van der Waals surface area contributed by atoms with Crippen molar-refractivity contribution < 1.29 is 13.6 Å². The molecule has 6 heteroatoms. The van der Waals surface area contributed by atoms with Crippen LogP contribution in [0.15, 0.2) is 6.20 Å². The van der Waals surface area contributed by atoms with E-state index in [9.17, 15) is 0 Å². The molecule has 1 rings (SSSR count). The fraction of sp³-hybridized carbons (Fsp3) is 0.625. The van der Waals surface area contributed by atoms with Gasteiger partial charge in [-0.1, -0.05) is 11.3 Å². The van der Waals surface area contributed by atoms with Crippen LogP contribution in [-0.2, 0) is 9.05 Å². The van der Waals surface area contributed by atoms with Crippen LogP contribution in [-0.4, -0.2) is 18.2 Å². The summed E-state index contributed by atoms with van der Waals surface area (Å²) in [7, 11) is -1.25. The number of hydrogen-bond donors (Lipinski definition) is 0. The monoisotopic (exact) mass is 235 g/mol. The molecule has 0 atom stereocenters. The van der Waals surface area contributed by atoms with Gasteiger partial charge < -0.3 is 13.6 Å². The van der Waals surface area contributed by atoms with Crippen molar-refractivity contribution in [1.82, 2.24) is 4.98 Å². The van der Waals surface area contributed by atoms with Gasteiger partial charge in [-0.25, -0.2) is 4.98 Å². The van der Waals surface area contributed by atoms with E-state index in [1.54, 1.807) is 6.20 Å². The molecule has 0 N–H and O–H groups in total. The van der Waals surface area contributed by atoms with Crippen molar-refractivity contribution in [3.63, 3.8) is 0 Å². The molecule has 4 nitrogen and oxygen atoms in total. The standard InChI is InChI=1S/C8H14NO3PS/c1-4-10-13(11-5-2)12-8-6-9-7(3)14-8/h6H,4-5H2,1-3H3. The summed E-state index contributed by atoms with van der Waals surface area (Å²) in [5.74, 6) is 0. The first-order valence-corrected chi connectivity index (χ1v) is 6.33. The molecule has 80 valence electrons. The second-order valence-corrected chi connectivity index (χ2v) is 4.69. The Morgan fingerprint density at radius 1 is 1.36 bits per heavy atom. The Morgan fingerprint density at radius 2 is 2.00 bits per heavy atom. The highest BCUT2D eigenvalue weighted by Gasteiger charge is 2.14. The molecular formula is C8H14NO3PS. The van der Waals surface area contributed by atoms with Crippen LogP contribution in [0.4, 0.5) is 0 Å². The molecule has 1 aromatic rings. The minimum atomic E-state index is -1.25. The Hall–Kier alpha value is -0.220. The fourth-order valence-corrected chi connectivity index (χ4v) is 2.39. The van der Waals surface area contributed by atoms with Crippen LogP contribution in [0.1, 0.15) is 18.9 Å². The molecule has 1 aromatic heterocycles. The molecule has 0 saturated carbocycles. The highest BCUT2D eigenvalue weighted by molar-refractivity contribution is 7.42. The van der Waals surface area contributed by atoms with E-state index in [0.29, 0.717) is 13.2 Å². The van der Waals surface area contributed by atoms with Gasteiger partial charge in [-0.05, 0) is 20.8 Å². The van der Waals surface area contributed by atoms with Gasteiger partial charge in [0.25, 0.3) is 0 Å². The predicted molar refractivity (Wildman–Crippen MR) is 57.7 cm³/mol. The van der Waals surface area contributed by atoms with E-state index in [-0.39, 0.29) is 0 Å². The van der Waals surface area contributed by atoms with Crippen LogP contribution in [0.25, 0.3) is 0 Å². The van der Waals surface area contributed by atoms with Gasteiger partial charge in [0.1, 0.15) is 0 Å². The summed E-state index contributed by atoms with van der Waals surface area (Å²) in [5, 5.41) is 1.72. The molecule has 0 bridgehead atoms. The zero-order valence-electron chi connectivity index (χ0n) is 8.52. The molecule has 14 heavy (non-hydrogen) atoms. The van der Waals surface area contributed by atoms with Crippen molar-refractivity contribution in [2.24, 2.45) is 0 Å². The molecule has 0 aliphatic carbocycles. The maximum absolute atomic E-state index is 5.49. The minimum absolute atomic E-state index is 0.587. The maximum Gasteiger partial charge on any atom is 0.397 e. The second kappa shape index (κ2) is 6.30. The van der Waals surface area contributed by atoms with E-state index in [2.05, 4.69) is 4.98 Å². The Bertz CT molecular complexity index is 263. The summed E-state index contributed by atoms with van der Waals surface area (Å²) in [6.45, 7) is 6.93. The number of thiazole rings is 1. The second-order valence-electron chi connectivity index (χ2n) is 2.35. The third kappa shape index (κ3) is 3.88. The van der Waals surface area contributed by atoms with Crippen molar-refractivity contribution in [1.29, 1.82) is 0 Å². The molecule has 0 aliphatic rings. The number of hydrogen-bond acceptors (Lipinski definition) is 5. The first kappa shape index (κ1) is 11.9. The topological polar surface area (TPSA) is 40.6 Å².